The maximum atomic E-state index is 11.3. The molecule has 1 aromatic rings. The lowest BCUT2D eigenvalue weighted by Gasteiger charge is -2.27. The highest BCUT2D eigenvalue weighted by atomic mass is 32.2. The molecule has 0 aromatic heterocycles. The normalized spacial score (nSPS) is 19.9. The largest absolute Gasteiger partial charge is 0.392 e. The number of aliphatic hydroxyl groups is 1. The molecule has 1 saturated carbocycles. The van der Waals surface area contributed by atoms with Gasteiger partial charge in [-0.2, -0.15) is 0 Å². The average Bonchev–Trinajstić information content (AvgIpc) is 3.24. The Labute approximate surface area is 133 Å². The minimum absolute atomic E-state index is 0.00294. The Bertz CT molecular complexity index is 607. The summed E-state index contributed by atoms with van der Waals surface area (Å²) in [4.78, 5) is 0.123. The van der Waals surface area contributed by atoms with E-state index < -0.39 is 10.0 Å². The Hall–Kier alpha value is -0.950. The summed E-state index contributed by atoms with van der Waals surface area (Å²) in [6.45, 7) is 6.88. The first kappa shape index (κ1) is 17.4. The van der Waals surface area contributed by atoms with E-state index in [1.807, 2.05) is 20.8 Å². The maximum Gasteiger partial charge on any atom is 0.238 e. The predicted molar refractivity (Wildman–Crippen MR) is 86.7 cm³/mol. The van der Waals surface area contributed by atoms with E-state index in [2.05, 4.69) is 5.32 Å². The fourth-order valence-electron chi connectivity index (χ4n) is 2.87. The summed E-state index contributed by atoms with van der Waals surface area (Å²) in [5.74, 6) is 0.258. The van der Waals surface area contributed by atoms with E-state index in [0.29, 0.717) is 0 Å². The van der Waals surface area contributed by atoms with Crippen LogP contribution in [0.3, 0.4) is 0 Å². The van der Waals surface area contributed by atoms with E-state index in [-0.39, 0.29) is 28.4 Å². The molecule has 0 saturated heterocycles. The molecule has 5 nitrogen and oxygen atoms in total. The van der Waals surface area contributed by atoms with Gasteiger partial charge >= 0.3 is 0 Å². The second kappa shape index (κ2) is 6.28. The topological polar surface area (TPSA) is 92.4 Å². The SMILES string of the molecule is CC(C)[C@H](O)C1(CN[C@@H](C)c2ccc(S(N)(=O)=O)cc2)CC1. The van der Waals surface area contributed by atoms with Crippen LogP contribution in [0.25, 0.3) is 0 Å². The summed E-state index contributed by atoms with van der Waals surface area (Å²) in [6, 6.07) is 6.69. The Balaban J connectivity index is 1.97. The minimum Gasteiger partial charge on any atom is -0.392 e. The van der Waals surface area contributed by atoms with E-state index in [1.165, 1.54) is 12.1 Å². The van der Waals surface area contributed by atoms with E-state index in [1.54, 1.807) is 12.1 Å². The first-order valence-corrected chi connectivity index (χ1v) is 9.24. The molecule has 1 aliphatic carbocycles. The number of primary sulfonamides is 1. The fraction of sp³-hybridized carbons (Fsp3) is 0.625. The van der Waals surface area contributed by atoms with Crippen molar-refractivity contribution >= 4 is 10.0 Å². The zero-order valence-electron chi connectivity index (χ0n) is 13.4. The van der Waals surface area contributed by atoms with Crippen molar-refractivity contribution in [3.63, 3.8) is 0 Å². The number of nitrogens with one attached hydrogen (secondary N) is 1. The summed E-state index contributed by atoms with van der Waals surface area (Å²) >= 11 is 0. The Morgan fingerprint density at radius 3 is 2.18 bits per heavy atom. The molecular formula is C16H26N2O3S. The monoisotopic (exact) mass is 326 g/mol. The second-order valence-electron chi connectivity index (χ2n) is 6.77. The highest BCUT2D eigenvalue weighted by molar-refractivity contribution is 7.89. The van der Waals surface area contributed by atoms with Crippen molar-refractivity contribution in [3.05, 3.63) is 29.8 Å². The average molecular weight is 326 g/mol. The standard InChI is InChI=1S/C16H26N2O3S/c1-11(2)15(19)16(8-9-16)10-18-12(3)13-4-6-14(7-5-13)22(17,20)21/h4-7,11-12,15,18-19H,8-10H2,1-3H3,(H2,17,20,21)/t12-,15-/m0/s1. The molecule has 0 spiro atoms. The van der Waals surface area contributed by atoms with Gasteiger partial charge in [0, 0.05) is 18.0 Å². The van der Waals surface area contributed by atoms with Crippen LogP contribution in [0.15, 0.2) is 29.2 Å². The Kier molecular flexibility index (Phi) is 4.96. The predicted octanol–water partition coefficient (Wildman–Crippen LogP) is 1.78. The van der Waals surface area contributed by atoms with E-state index in [9.17, 15) is 13.5 Å². The molecule has 1 aromatic carbocycles. The summed E-state index contributed by atoms with van der Waals surface area (Å²) < 4.78 is 22.5. The van der Waals surface area contributed by atoms with E-state index in [4.69, 9.17) is 5.14 Å². The van der Waals surface area contributed by atoms with Gasteiger partial charge < -0.3 is 10.4 Å². The molecule has 2 rings (SSSR count). The van der Waals surface area contributed by atoms with Gasteiger partial charge in [0.1, 0.15) is 0 Å². The van der Waals surface area contributed by atoms with Crippen molar-refractivity contribution in [3.8, 4) is 0 Å². The summed E-state index contributed by atoms with van der Waals surface area (Å²) in [5, 5.41) is 18.9. The van der Waals surface area contributed by atoms with Crippen molar-refractivity contribution in [1.29, 1.82) is 0 Å². The smallest absolute Gasteiger partial charge is 0.238 e. The molecule has 6 heteroatoms. The Morgan fingerprint density at radius 2 is 1.77 bits per heavy atom. The van der Waals surface area contributed by atoms with Gasteiger partial charge in [0.25, 0.3) is 0 Å². The molecule has 0 aliphatic heterocycles. The lowest BCUT2D eigenvalue weighted by Crippen LogP contribution is -2.37. The molecule has 1 aliphatic rings. The first-order valence-electron chi connectivity index (χ1n) is 7.70. The van der Waals surface area contributed by atoms with Crippen molar-refractivity contribution in [1.82, 2.24) is 5.32 Å². The van der Waals surface area contributed by atoms with Gasteiger partial charge in [0.2, 0.25) is 10.0 Å². The first-order chi connectivity index (χ1) is 10.2. The number of sulfonamides is 1. The van der Waals surface area contributed by atoms with Crippen LogP contribution in [0.5, 0.6) is 0 Å². The number of aliphatic hydroxyl groups excluding tert-OH is 1. The van der Waals surface area contributed by atoms with Gasteiger partial charge in [-0.25, -0.2) is 13.6 Å². The summed E-state index contributed by atoms with van der Waals surface area (Å²) in [7, 11) is -3.65. The molecule has 124 valence electrons. The quantitative estimate of drug-likeness (QED) is 0.712. The second-order valence-corrected chi connectivity index (χ2v) is 8.33. The van der Waals surface area contributed by atoms with Crippen molar-refractivity contribution in [2.24, 2.45) is 16.5 Å². The van der Waals surface area contributed by atoms with Gasteiger partial charge in [0.05, 0.1) is 11.0 Å². The third-order valence-corrected chi connectivity index (χ3v) is 5.55. The van der Waals surface area contributed by atoms with Gasteiger partial charge in [-0.3, -0.25) is 0 Å². The van der Waals surface area contributed by atoms with Gasteiger partial charge in [-0.05, 0) is 43.4 Å². The molecule has 4 N–H and O–H groups in total. The molecule has 0 unspecified atom stereocenters. The lowest BCUT2D eigenvalue weighted by atomic mass is 9.90. The van der Waals surface area contributed by atoms with Crippen LogP contribution in [0.2, 0.25) is 0 Å². The molecule has 0 radical (unpaired) electrons. The van der Waals surface area contributed by atoms with Crippen LogP contribution in [0, 0.1) is 11.3 Å². The molecule has 0 bridgehead atoms. The number of benzene rings is 1. The minimum atomic E-state index is -3.65. The zero-order chi connectivity index (χ0) is 16.5. The molecule has 1 fully saturated rings. The highest BCUT2D eigenvalue weighted by Crippen LogP contribution is 2.50. The van der Waals surface area contributed by atoms with Crippen LogP contribution in [-0.2, 0) is 10.0 Å². The van der Waals surface area contributed by atoms with Crippen LogP contribution >= 0.6 is 0 Å². The zero-order valence-corrected chi connectivity index (χ0v) is 14.2. The third-order valence-electron chi connectivity index (χ3n) is 4.62. The van der Waals surface area contributed by atoms with Crippen LogP contribution < -0.4 is 10.5 Å². The van der Waals surface area contributed by atoms with E-state index in [0.717, 1.165) is 24.9 Å². The van der Waals surface area contributed by atoms with Gasteiger partial charge in [0.15, 0.2) is 0 Å². The molecule has 0 amide bonds. The lowest BCUT2D eigenvalue weighted by molar-refractivity contribution is 0.0491. The van der Waals surface area contributed by atoms with Gasteiger partial charge in [-0.1, -0.05) is 26.0 Å². The third kappa shape index (κ3) is 3.87. The number of hydrogen-bond acceptors (Lipinski definition) is 4. The molecule has 2 atom stereocenters. The van der Waals surface area contributed by atoms with Crippen molar-refractivity contribution in [2.75, 3.05) is 6.54 Å². The van der Waals surface area contributed by atoms with E-state index >= 15 is 0 Å². The van der Waals surface area contributed by atoms with Crippen LogP contribution in [0.4, 0.5) is 0 Å². The summed E-state index contributed by atoms with van der Waals surface area (Å²) in [5.41, 5.74) is 1.01. The highest BCUT2D eigenvalue weighted by Gasteiger charge is 2.49. The van der Waals surface area contributed by atoms with Gasteiger partial charge in [-0.15, -0.1) is 0 Å². The Morgan fingerprint density at radius 1 is 1.23 bits per heavy atom. The fourth-order valence-corrected chi connectivity index (χ4v) is 3.38. The molecule has 22 heavy (non-hydrogen) atoms. The number of rotatable bonds is 7. The van der Waals surface area contributed by atoms with Crippen molar-refractivity contribution in [2.45, 2.75) is 50.7 Å². The van der Waals surface area contributed by atoms with Crippen LogP contribution in [0.1, 0.15) is 45.2 Å². The van der Waals surface area contributed by atoms with Crippen LogP contribution in [-0.4, -0.2) is 26.2 Å². The molecule has 0 heterocycles. The maximum absolute atomic E-state index is 11.3. The number of nitrogens with two attached hydrogens (primary N) is 1. The molecular weight excluding hydrogens is 300 g/mol. The van der Waals surface area contributed by atoms with Crippen molar-refractivity contribution < 1.29 is 13.5 Å². The number of hydrogen-bond donors (Lipinski definition) is 3. The summed E-state index contributed by atoms with van der Waals surface area (Å²) in [6.07, 6.45) is 1.82.